The number of hydrogen-bond acceptors (Lipinski definition) is 4. The van der Waals surface area contributed by atoms with E-state index < -0.39 is 0 Å². The molecule has 0 aliphatic rings. The molecule has 6 heteroatoms. The summed E-state index contributed by atoms with van der Waals surface area (Å²) in [5, 5.41) is 13.7. The second-order valence-corrected chi connectivity index (χ2v) is 4.32. The number of hydrogen-bond donors (Lipinski definition) is 0. The number of fused-ring (bicyclic) bond motifs is 4. The molecule has 0 atom stereocenters. The van der Waals surface area contributed by atoms with Crippen LogP contribution < -0.4 is 0 Å². The van der Waals surface area contributed by atoms with Crippen molar-refractivity contribution in [2.45, 2.75) is 6.92 Å². The van der Waals surface area contributed by atoms with Gasteiger partial charge < -0.3 is 4.57 Å². The van der Waals surface area contributed by atoms with Crippen LogP contribution in [0.2, 0.25) is 0 Å². The molecule has 0 fully saturated rings. The van der Waals surface area contributed by atoms with Crippen LogP contribution in [-0.4, -0.2) is 29.4 Å². The van der Waals surface area contributed by atoms with Gasteiger partial charge in [0.2, 0.25) is 0 Å². The maximum Gasteiger partial charge on any atom is 0.273 e. The molecule has 88 valence electrons. The Balaban J connectivity index is 2.33. The fourth-order valence-corrected chi connectivity index (χ4v) is 2.31. The SMILES string of the molecule is Cc1nnc2nc3c(nn12)c1ccccc1n3C. The summed E-state index contributed by atoms with van der Waals surface area (Å²) in [4.78, 5) is 4.53. The lowest BCUT2D eigenvalue weighted by molar-refractivity contribution is 0.878. The Morgan fingerprint density at radius 3 is 2.83 bits per heavy atom. The molecule has 0 aliphatic carbocycles. The summed E-state index contributed by atoms with van der Waals surface area (Å²) in [6, 6.07) is 8.14. The highest BCUT2D eigenvalue weighted by molar-refractivity contribution is 6.04. The van der Waals surface area contributed by atoms with Crippen LogP contribution in [0.1, 0.15) is 5.82 Å². The van der Waals surface area contributed by atoms with E-state index in [0.717, 1.165) is 27.9 Å². The van der Waals surface area contributed by atoms with Gasteiger partial charge in [0.1, 0.15) is 5.52 Å². The molecule has 6 nitrogen and oxygen atoms in total. The number of aryl methyl sites for hydroxylation is 2. The summed E-state index contributed by atoms with van der Waals surface area (Å²) < 4.78 is 3.70. The highest BCUT2D eigenvalue weighted by atomic mass is 15.4. The monoisotopic (exact) mass is 238 g/mol. The van der Waals surface area contributed by atoms with Crippen LogP contribution in [0.4, 0.5) is 0 Å². The van der Waals surface area contributed by atoms with Gasteiger partial charge in [-0.15, -0.1) is 10.2 Å². The molecule has 0 bridgehead atoms. The average Bonchev–Trinajstić information content (AvgIpc) is 2.90. The van der Waals surface area contributed by atoms with E-state index in [4.69, 9.17) is 0 Å². The Kier molecular flexibility index (Phi) is 1.61. The van der Waals surface area contributed by atoms with Crippen molar-refractivity contribution in [3.63, 3.8) is 0 Å². The third kappa shape index (κ3) is 1.02. The van der Waals surface area contributed by atoms with Crippen molar-refractivity contribution in [2.75, 3.05) is 0 Å². The lowest BCUT2D eigenvalue weighted by Gasteiger charge is -1.96. The lowest BCUT2D eigenvalue weighted by atomic mass is 10.2. The van der Waals surface area contributed by atoms with Crippen molar-refractivity contribution >= 4 is 27.8 Å². The van der Waals surface area contributed by atoms with Crippen molar-refractivity contribution in [1.29, 1.82) is 0 Å². The van der Waals surface area contributed by atoms with Crippen molar-refractivity contribution in [1.82, 2.24) is 29.4 Å². The van der Waals surface area contributed by atoms with Crippen molar-refractivity contribution in [2.24, 2.45) is 7.05 Å². The van der Waals surface area contributed by atoms with E-state index in [0.29, 0.717) is 5.78 Å². The minimum atomic E-state index is 0.533. The molecule has 0 saturated heterocycles. The Hall–Kier alpha value is -2.50. The van der Waals surface area contributed by atoms with Gasteiger partial charge in [0.05, 0.1) is 5.52 Å². The van der Waals surface area contributed by atoms with Gasteiger partial charge in [-0.05, 0) is 13.0 Å². The predicted molar refractivity (Wildman–Crippen MR) is 67.3 cm³/mol. The molecular weight excluding hydrogens is 228 g/mol. The highest BCUT2D eigenvalue weighted by Crippen LogP contribution is 2.24. The first-order valence-corrected chi connectivity index (χ1v) is 5.69. The second-order valence-electron chi connectivity index (χ2n) is 4.32. The molecule has 3 aromatic heterocycles. The fourth-order valence-electron chi connectivity index (χ4n) is 2.31. The number of rotatable bonds is 0. The third-order valence-corrected chi connectivity index (χ3v) is 3.24. The summed E-state index contributed by atoms with van der Waals surface area (Å²) >= 11 is 0. The van der Waals surface area contributed by atoms with Crippen LogP contribution in [0.3, 0.4) is 0 Å². The number of benzene rings is 1. The van der Waals surface area contributed by atoms with Crippen LogP contribution in [0.25, 0.3) is 27.8 Å². The molecule has 0 spiro atoms. The predicted octanol–water partition coefficient (Wildman–Crippen LogP) is 1.47. The zero-order valence-electron chi connectivity index (χ0n) is 9.99. The number of para-hydroxylation sites is 1. The maximum atomic E-state index is 4.59. The van der Waals surface area contributed by atoms with E-state index in [9.17, 15) is 0 Å². The molecule has 3 heterocycles. The summed E-state index contributed by atoms with van der Waals surface area (Å²) in [6.07, 6.45) is 0. The molecule has 0 unspecified atom stereocenters. The van der Waals surface area contributed by atoms with Crippen LogP contribution in [0, 0.1) is 6.92 Å². The van der Waals surface area contributed by atoms with Crippen LogP contribution in [0.5, 0.6) is 0 Å². The van der Waals surface area contributed by atoms with Gasteiger partial charge in [-0.3, -0.25) is 0 Å². The van der Waals surface area contributed by atoms with Gasteiger partial charge in [-0.25, -0.2) is 0 Å². The average molecular weight is 238 g/mol. The lowest BCUT2D eigenvalue weighted by Crippen LogP contribution is -1.99. The van der Waals surface area contributed by atoms with E-state index in [2.05, 4.69) is 32.4 Å². The molecule has 1 aromatic carbocycles. The van der Waals surface area contributed by atoms with Gasteiger partial charge in [-0.1, -0.05) is 18.2 Å². The van der Waals surface area contributed by atoms with Gasteiger partial charge in [0, 0.05) is 12.4 Å². The Bertz CT molecular complexity index is 901. The van der Waals surface area contributed by atoms with Gasteiger partial charge >= 0.3 is 0 Å². The summed E-state index contributed by atoms with van der Waals surface area (Å²) in [5.41, 5.74) is 2.82. The molecule has 0 amide bonds. The van der Waals surface area contributed by atoms with Crippen LogP contribution >= 0.6 is 0 Å². The van der Waals surface area contributed by atoms with E-state index in [-0.39, 0.29) is 0 Å². The summed E-state index contributed by atoms with van der Waals surface area (Å²) in [5.74, 6) is 1.28. The second kappa shape index (κ2) is 3.04. The first-order chi connectivity index (χ1) is 8.75. The molecule has 0 aliphatic heterocycles. The van der Waals surface area contributed by atoms with E-state index in [1.165, 1.54) is 0 Å². The zero-order chi connectivity index (χ0) is 12.3. The van der Waals surface area contributed by atoms with Gasteiger partial charge in [-0.2, -0.15) is 14.6 Å². The quantitative estimate of drug-likeness (QED) is 0.465. The first kappa shape index (κ1) is 9.52. The smallest absolute Gasteiger partial charge is 0.273 e. The normalized spacial score (nSPS) is 11.9. The molecule has 0 N–H and O–H groups in total. The standard InChI is InChI=1S/C12H10N6/c1-7-14-15-12-13-11-10(16-18(7)12)8-5-3-4-6-9(8)17(11)2/h3-6H,1-2H3. The van der Waals surface area contributed by atoms with Crippen LogP contribution in [0.15, 0.2) is 24.3 Å². The topological polar surface area (TPSA) is 60.9 Å². The zero-order valence-corrected chi connectivity index (χ0v) is 9.99. The Morgan fingerprint density at radius 1 is 1.11 bits per heavy atom. The molecule has 18 heavy (non-hydrogen) atoms. The molecule has 0 radical (unpaired) electrons. The highest BCUT2D eigenvalue weighted by Gasteiger charge is 2.13. The number of aromatic nitrogens is 6. The van der Waals surface area contributed by atoms with E-state index in [1.807, 2.05) is 30.7 Å². The van der Waals surface area contributed by atoms with E-state index >= 15 is 0 Å². The molecular formula is C12H10N6. The first-order valence-electron chi connectivity index (χ1n) is 5.69. The Morgan fingerprint density at radius 2 is 1.94 bits per heavy atom. The van der Waals surface area contributed by atoms with Crippen LogP contribution in [-0.2, 0) is 7.05 Å². The number of nitrogens with zero attached hydrogens (tertiary/aromatic N) is 6. The van der Waals surface area contributed by atoms with Crippen molar-refractivity contribution in [3.05, 3.63) is 30.1 Å². The molecule has 4 rings (SSSR count). The van der Waals surface area contributed by atoms with Gasteiger partial charge in [0.25, 0.3) is 5.78 Å². The summed E-state index contributed by atoms with van der Waals surface area (Å²) in [7, 11) is 1.99. The Labute approximate surface area is 102 Å². The summed E-state index contributed by atoms with van der Waals surface area (Å²) in [6.45, 7) is 1.87. The third-order valence-electron chi connectivity index (χ3n) is 3.24. The minimum absolute atomic E-state index is 0.533. The van der Waals surface area contributed by atoms with E-state index in [1.54, 1.807) is 4.52 Å². The van der Waals surface area contributed by atoms with Gasteiger partial charge in [0.15, 0.2) is 11.5 Å². The van der Waals surface area contributed by atoms with Crippen molar-refractivity contribution < 1.29 is 0 Å². The molecule has 0 saturated carbocycles. The molecule has 4 aromatic rings. The largest absolute Gasteiger partial charge is 0.327 e. The minimum Gasteiger partial charge on any atom is -0.327 e. The fraction of sp³-hybridized carbons (Fsp3) is 0.167. The van der Waals surface area contributed by atoms with Crippen molar-refractivity contribution in [3.8, 4) is 0 Å². The maximum absolute atomic E-state index is 4.59.